The predicted octanol–water partition coefficient (Wildman–Crippen LogP) is 3.08. The van der Waals surface area contributed by atoms with E-state index in [4.69, 9.17) is 0 Å². The van der Waals surface area contributed by atoms with Gasteiger partial charge in [0.25, 0.3) is 0 Å². The molecule has 2 aromatic heterocycles. The van der Waals surface area contributed by atoms with Crippen molar-refractivity contribution in [1.82, 2.24) is 9.88 Å². The zero-order valence-corrected chi connectivity index (χ0v) is 14.2. The highest BCUT2D eigenvalue weighted by molar-refractivity contribution is 7.16. The van der Waals surface area contributed by atoms with Crippen LogP contribution in [0.15, 0.2) is 36.7 Å². The first-order valence-corrected chi connectivity index (χ1v) is 8.93. The molecule has 0 N–H and O–H groups in total. The van der Waals surface area contributed by atoms with Crippen LogP contribution in [0.5, 0.6) is 0 Å². The SMILES string of the molecule is Cc1ccc(N2CC3(CCN(Cc4cccnc4)C3)CC2=O)s1. The van der Waals surface area contributed by atoms with Crippen molar-refractivity contribution >= 4 is 22.2 Å². The summed E-state index contributed by atoms with van der Waals surface area (Å²) in [5, 5.41) is 1.11. The van der Waals surface area contributed by atoms with E-state index in [1.807, 2.05) is 23.4 Å². The first kappa shape index (κ1) is 14.8. The smallest absolute Gasteiger partial charge is 0.228 e. The molecular formula is C18H21N3OS. The lowest BCUT2D eigenvalue weighted by atomic mass is 9.86. The molecule has 2 aliphatic rings. The second-order valence-electron chi connectivity index (χ2n) is 6.86. The highest BCUT2D eigenvalue weighted by atomic mass is 32.1. The van der Waals surface area contributed by atoms with E-state index in [1.165, 1.54) is 10.4 Å². The predicted molar refractivity (Wildman–Crippen MR) is 92.6 cm³/mol. The monoisotopic (exact) mass is 327 g/mol. The summed E-state index contributed by atoms with van der Waals surface area (Å²) in [7, 11) is 0. The third-order valence-corrected chi connectivity index (χ3v) is 5.98. The number of aromatic nitrogens is 1. The molecule has 4 rings (SSSR count). The van der Waals surface area contributed by atoms with Gasteiger partial charge in [-0.25, -0.2) is 0 Å². The summed E-state index contributed by atoms with van der Waals surface area (Å²) in [6.45, 7) is 5.97. The number of hydrogen-bond donors (Lipinski definition) is 0. The highest BCUT2D eigenvalue weighted by Crippen LogP contribution is 2.43. The van der Waals surface area contributed by atoms with Crippen LogP contribution in [0.2, 0.25) is 0 Å². The summed E-state index contributed by atoms with van der Waals surface area (Å²) in [6.07, 6.45) is 5.55. The van der Waals surface area contributed by atoms with Gasteiger partial charge in [0.1, 0.15) is 0 Å². The molecule has 2 fully saturated rings. The summed E-state index contributed by atoms with van der Waals surface area (Å²) in [4.78, 5) is 22.4. The second-order valence-corrected chi connectivity index (χ2v) is 8.13. The number of pyridine rings is 1. The van der Waals surface area contributed by atoms with Gasteiger partial charge in [-0.15, -0.1) is 11.3 Å². The summed E-state index contributed by atoms with van der Waals surface area (Å²) in [6, 6.07) is 8.29. The maximum atomic E-state index is 12.5. The molecule has 1 atom stereocenters. The molecule has 2 saturated heterocycles. The molecule has 1 unspecified atom stereocenters. The van der Waals surface area contributed by atoms with Gasteiger partial charge < -0.3 is 4.90 Å². The Morgan fingerprint density at radius 1 is 1.30 bits per heavy atom. The Hall–Kier alpha value is -1.72. The summed E-state index contributed by atoms with van der Waals surface area (Å²) < 4.78 is 0. The summed E-state index contributed by atoms with van der Waals surface area (Å²) in [5.74, 6) is 0.287. The van der Waals surface area contributed by atoms with Crippen LogP contribution in [0.3, 0.4) is 0 Å². The van der Waals surface area contributed by atoms with Crippen molar-refractivity contribution in [2.75, 3.05) is 24.5 Å². The minimum Gasteiger partial charge on any atom is -0.303 e. The Kier molecular flexibility index (Phi) is 3.70. The Morgan fingerprint density at radius 2 is 2.22 bits per heavy atom. The molecule has 23 heavy (non-hydrogen) atoms. The molecule has 2 aromatic rings. The van der Waals surface area contributed by atoms with Crippen molar-refractivity contribution in [2.24, 2.45) is 5.41 Å². The maximum absolute atomic E-state index is 12.5. The fourth-order valence-electron chi connectivity index (χ4n) is 3.85. The van der Waals surface area contributed by atoms with Crippen LogP contribution in [0.1, 0.15) is 23.3 Å². The number of thiophene rings is 1. The van der Waals surface area contributed by atoms with Crippen LogP contribution in [-0.4, -0.2) is 35.4 Å². The maximum Gasteiger partial charge on any atom is 0.228 e. The number of carbonyl (C=O) groups is 1. The van der Waals surface area contributed by atoms with Crippen LogP contribution in [0.4, 0.5) is 5.00 Å². The molecule has 4 nitrogen and oxygen atoms in total. The molecule has 1 amide bonds. The third kappa shape index (κ3) is 2.91. The van der Waals surface area contributed by atoms with E-state index < -0.39 is 0 Å². The Bertz CT molecular complexity index is 714. The quantitative estimate of drug-likeness (QED) is 0.869. The first-order valence-electron chi connectivity index (χ1n) is 8.12. The van der Waals surface area contributed by atoms with Crippen molar-refractivity contribution in [3.63, 3.8) is 0 Å². The lowest BCUT2D eigenvalue weighted by Crippen LogP contribution is -2.30. The molecule has 0 radical (unpaired) electrons. The van der Waals surface area contributed by atoms with E-state index in [0.29, 0.717) is 6.42 Å². The fourth-order valence-corrected chi connectivity index (χ4v) is 4.73. The average molecular weight is 327 g/mol. The molecule has 120 valence electrons. The Morgan fingerprint density at radius 3 is 2.96 bits per heavy atom. The number of rotatable bonds is 3. The largest absolute Gasteiger partial charge is 0.303 e. The van der Waals surface area contributed by atoms with Crippen molar-refractivity contribution in [3.8, 4) is 0 Å². The number of hydrogen-bond acceptors (Lipinski definition) is 4. The lowest BCUT2D eigenvalue weighted by molar-refractivity contribution is -0.117. The zero-order chi connectivity index (χ0) is 15.9. The van der Waals surface area contributed by atoms with Gasteiger partial charge in [-0.1, -0.05) is 6.07 Å². The average Bonchev–Trinajstić information content (AvgIpc) is 3.21. The molecular weight excluding hydrogens is 306 g/mol. The first-order chi connectivity index (χ1) is 11.1. The minimum absolute atomic E-state index is 0.136. The number of nitrogens with zero attached hydrogens (tertiary/aromatic N) is 3. The number of carbonyl (C=O) groups excluding carboxylic acids is 1. The van der Waals surface area contributed by atoms with Crippen molar-refractivity contribution in [3.05, 3.63) is 47.1 Å². The minimum atomic E-state index is 0.136. The van der Waals surface area contributed by atoms with Crippen LogP contribution in [0.25, 0.3) is 0 Å². The van der Waals surface area contributed by atoms with Gasteiger partial charge in [0.15, 0.2) is 0 Å². The Labute approximate surface area is 140 Å². The molecule has 0 aromatic carbocycles. The molecule has 0 bridgehead atoms. The number of anilines is 1. The summed E-state index contributed by atoms with van der Waals surface area (Å²) in [5.41, 5.74) is 1.39. The van der Waals surface area contributed by atoms with E-state index >= 15 is 0 Å². The molecule has 0 saturated carbocycles. The van der Waals surface area contributed by atoms with E-state index in [9.17, 15) is 4.79 Å². The van der Waals surface area contributed by atoms with E-state index in [2.05, 4.69) is 35.0 Å². The third-order valence-electron chi connectivity index (χ3n) is 4.96. The van der Waals surface area contributed by atoms with E-state index in [-0.39, 0.29) is 11.3 Å². The standard InChI is InChI=1S/C18H21N3OS/c1-14-4-5-17(23-14)21-13-18(9-16(21)22)6-8-20(12-18)11-15-3-2-7-19-10-15/h2-5,7,10H,6,8-9,11-13H2,1H3. The van der Waals surface area contributed by atoms with Gasteiger partial charge in [-0.05, 0) is 43.7 Å². The topological polar surface area (TPSA) is 36.4 Å². The van der Waals surface area contributed by atoms with Gasteiger partial charge >= 0.3 is 0 Å². The number of amides is 1. The van der Waals surface area contributed by atoms with Crippen LogP contribution >= 0.6 is 11.3 Å². The van der Waals surface area contributed by atoms with Gasteiger partial charge in [0.2, 0.25) is 5.91 Å². The summed E-state index contributed by atoms with van der Waals surface area (Å²) >= 11 is 1.72. The second kappa shape index (κ2) is 5.73. The highest BCUT2D eigenvalue weighted by Gasteiger charge is 2.47. The molecule has 1 spiro atoms. The van der Waals surface area contributed by atoms with Gasteiger partial charge in [-0.2, -0.15) is 0 Å². The number of likely N-dealkylation sites (tertiary alicyclic amines) is 1. The molecule has 2 aliphatic heterocycles. The Balaban J connectivity index is 1.45. The van der Waals surface area contributed by atoms with Crippen LogP contribution in [0, 0.1) is 12.3 Å². The fraction of sp³-hybridized carbons (Fsp3) is 0.444. The number of aryl methyl sites for hydroxylation is 1. The van der Waals surface area contributed by atoms with E-state index in [1.54, 1.807) is 11.3 Å². The normalized spacial score (nSPS) is 24.9. The lowest BCUT2D eigenvalue weighted by Gasteiger charge is -2.23. The van der Waals surface area contributed by atoms with Crippen LogP contribution < -0.4 is 4.90 Å². The van der Waals surface area contributed by atoms with Gasteiger partial charge in [0.05, 0.1) is 5.00 Å². The zero-order valence-electron chi connectivity index (χ0n) is 13.4. The van der Waals surface area contributed by atoms with Crippen molar-refractivity contribution < 1.29 is 4.79 Å². The molecule has 5 heteroatoms. The van der Waals surface area contributed by atoms with E-state index in [0.717, 1.165) is 37.6 Å². The van der Waals surface area contributed by atoms with Gasteiger partial charge in [0, 0.05) is 48.7 Å². The molecule has 4 heterocycles. The van der Waals surface area contributed by atoms with Gasteiger partial charge in [-0.3, -0.25) is 14.7 Å². The van der Waals surface area contributed by atoms with Crippen LogP contribution in [-0.2, 0) is 11.3 Å². The van der Waals surface area contributed by atoms with Crippen molar-refractivity contribution in [1.29, 1.82) is 0 Å². The molecule has 0 aliphatic carbocycles. The van der Waals surface area contributed by atoms with Crippen molar-refractivity contribution in [2.45, 2.75) is 26.3 Å².